The molecular weight excluding hydrogens is 1140 g/mol. The molecule has 10 aromatic carbocycles. The van der Waals surface area contributed by atoms with Crippen molar-refractivity contribution in [2.75, 3.05) is 0 Å². The fourth-order valence-corrected chi connectivity index (χ4v) is 11.8. The van der Waals surface area contributed by atoms with E-state index in [0.29, 0.717) is 17.8 Å². The van der Waals surface area contributed by atoms with Crippen LogP contribution >= 0.6 is 0 Å². The van der Waals surface area contributed by atoms with Gasteiger partial charge in [0.25, 0.3) is 0 Å². The van der Waals surface area contributed by atoms with E-state index in [2.05, 4.69) is 398 Å². The van der Waals surface area contributed by atoms with Crippen LogP contribution in [0.2, 0.25) is 0 Å². The van der Waals surface area contributed by atoms with Crippen LogP contribution in [0.5, 0.6) is 0 Å². The Bertz CT molecular complexity index is 3750. The monoisotopic (exact) mass is 1260 g/mol. The summed E-state index contributed by atoms with van der Waals surface area (Å²) >= 11 is 0. The second kappa shape index (κ2) is 39.9. The predicted octanol–water partition coefficient (Wildman–Crippen LogP) is 28.2. The van der Waals surface area contributed by atoms with E-state index in [-0.39, 0.29) is 5.41 Å². The molecule has 0 saturated carbocycles. The molecule has 0 heteroatoms. The van der Waals surface area contributed by atoms with Gasteiger partial charge in [0.05, 0.1) is 0 Å². The summed E-state index contributed by atoms with van der Waals surface area (Å²) in [7, 11) is 0. The van der Waals surface area contributed by atoms with Crippen LogP contribution in [0.3, 0.4) is 0 Å². The third kappa shape index (κ3) is 27.8. The van der Waals surface area contributed by atoms with Crippen LogP contribution < -0.4 is 0 Å². The SMILES string of the molecule is Cc1c(-c2ccccc2)cccc1C(C)C.Cc1c(C(C)C)cc(-c2ccccc2)cc1C(C)C.Cc1cc(C(C)(C)C)cc(C)c1C.Cc1ccc(-c2ccccc2C)cc1.Cc1ccc(CC(C)C)cc1.Cc1cccc(CC(C)C)c1.Cc1ccccc1CC(C)C. The molecule has 0 spiro atoms. The van der Waals surface area contributed by atoms with Crippen LogP contribution in [0.25, 0.3) is 33.4 Å². The first-order chi connectivity index (χ1) is 44.9. The molecule has 0 saturated heterocycles. The highest BCUT2D eigenvalue weighted by Crippen LogP contribution is 2.34. The van der Waals surface area contributed by atoms with E-state index < -0.39 is 0 Å². The Hall–Kier alpha value is -7.80. The van der Waals surface area contributed by atoms with Gasteiger partial charge in [-0.25, -0.2) is 0 Å². The van der Waals surface area contributed by atoms with Crippen LogP contribution in [0.1, 0.15) is 216 Å². The number of rotatable bonds is 12. The Morgan fingerprint density at radius 1 is 0.263 bits per heavy atom. The van der Waals surface area contributed by atoms with Crippen molar-refractivity contribution >= 4 is 0 Å². The highest BCUT2D eigenvalue weighted by molar-refractivity contribution is 5.70. The van der Waals surface area contributed by atoms with E-state index in [0.717, 1.165) is 17.8 Å². The van der Waals surface area contributed by atoms with Crippen molar-refractivity contribution in [3.63, 3.8) is 0 Å². The van der Waals surface area contributed by atoms with E-state index in [9.17, 15) is 0 Å². The molecule has 0 aliphatic carbocycles. The summed E-state index contributed by atoms with van der Waals surface area (Å²) in [5.41, 5.74) is 32.3. The van der Waals surface area contributed by atoms with Crippen LogP contribution in [-0.4, -0.2) is 0 Å². The third-order valence-corrected chi connectivity index (χ3v) is 17.6. The zero-order chi connectivity index (χ0) is 70.5. The summed E-state index contributed by atoms with van der Waals surface area (Å²) in [6.45, 7) is 55.7. The highest BCUT2D eigenvalue weighted by atomic mass is 14.2. The fourth-order valence-electron chi connectivity index (χ4n) is 11.8. The Morgan fingerprint density at radius 2 is 0.684 bits per heavy atom. The van der Waals surface area contributed by atoms with Gasteiger partial charge in [-0.3, -0.25) is 0 Å². The van der Waals surface area contributed by atoms with E-state index in [1.54, 1.807) is 0 Å². The number of hydrogen-bond acceptors (Lipinski definition) is 0. The largest absolute Gasteiger partial charge is 0.0625 e. The van der Waals surface area contributed by atoms with Crippen LogP contribution in [0.4, 0.5) is 0 Å². The van der Waals surface area contributed by atoms with Gasteiger partial charge in [-0.2, -0.15) is 0 Å². The average molecular weight is 1270 g/mol. The molecule has 0 fully saturated rings. The maximum absolute atomic E-state index is 2.36. The van der Waals surface area contributed by atoms with Crippen molar-refractivity contribution < 1.29 is 0 Å². The topological polar surface area (TPSA) is 0 Å². The van der Waals surface area contributed by atoms with Crippen molar-refractivity contribution in [3.8, 4) is 33.4 Å². The van der Waals surface area contributed by atoms with E-state index in [4.69, 9.17) is 0 Å². The molecule has 0 atom stereocenters. The fraction of sp³-hybridized carbons (Fsp3) is 0.368. The minimum absolute atomic E-state index is 0.267. The van der Waals surface area contributed by atoms with Gasteiger partial charge in [0.2, 0.25) is 0 Å². The Balaban J connectivity index is 0.000000238. The standard InChI is InChI=1S/C19H24.C16H18.C14H14.C13H20.3C11H16/c1-13(2)18-11-17(16-9-7-6-8-10-16)12-19(14(3)4)15(18)5;1-12(2)15-10-7-11-16(13(15)3)14-8-5-4-6-9-14;1-11-7-9-13(10-8-11)14-6-4-3-5-12(14)2;1-9-7-12(13(4,5)6)8-10(2)11(9)3;1-9(2)8-11-6-4-10(3)5-7-11;1-9(2)7-11-6-4-5-10(3)8-11;1-9(2)8-11-7-5-4-6-10(11)3/h6-14H,1-5H3;4-12H,1-3H3;3-10H,1-2H3;7-8H,1-6H3;4-7,9H,8H2,1-3H3;4-6,8-9H,7H2,1-3H3;4-7,9H,8H2,1-3H3. The Kier molecular flexibility index (Phi) is 33.5. The lowest BCUT2D eigenvalue weighted by Gasteiger charge is -2.21. The van der Waals surface area contributed by atoms with E-state index in [1.807, 2.05) is 0 Å². The Labute approximate surface area is 582 Å². The molecule has 0 bridgehead atoms. The third-order valence-electron chi connectivity index (χ3n) is 17.6. The van der Waals surface area contributed by atoms with Crippen LogP contribution in [0.15, 0.2) is 224 Å². The van der Waals surface area contributed by atoms with Crippen molar-refractivity contribution in [1.29, 1.82) is 0 Å². The Morgan fingerprint density at radius 3 is 1.15 bits per heavy atom. The molecular formula is C95H124. The maximum Gasteiger partial charge on any atom is -0.0132 e. The van der Waals surface area contributed by atoms with Crippen molar-refractivity contribution in [2.45, 2.75) is 216 Å². The number of aryl methyl sites for hydroxylation is 7. The molecule has 0 heterocycles. The maximum atomic E-state index is 2.36. The molecule has 10 rings (SSSR count). The molecule has 95 heavy (non-hydrogen) atoms. The van der Waals surface area contributed by atoms with Gasteiger partial charge < -0.3 is 0 Å². The summed E-state index contributed by atoms with van der Waals surface area (Å²) in [5, 5.41) is 0. The minimum atomic E-state index is 0.267. The first kappa shape index (κ1) is 79.6. The van der Waals surface area contributed by atoms with Gasteiger partial charge in [-0.1, -0.05) is 345 Å². The molecule has 0 nitrogen and oxygen atoms in total. The quantitative estimate of drug-likeness (QED) is 0.114. The lowest BCUT2D eigenvalue weighted by atomic mass is 9.84. The van der Waals surface area contributed by atoms with Gasteiger partial charge in [0, 0.05) is 0 Å². The van der Waals surface area contributed by atoms with Crippen LogP contribution in [0, 0.1) is 87.0 Å². The van der Waals surface area contributed by atoms with E-state index >= 15 is 0 Å². The number of hydrogen-bond donors (Lipinski definition) is 0. The van der Waals surface area contributed by atoms with Gasteiger partial charge >= 0.3 is 0 Å². The average Bonchev–Trinajstić information content (AvgIpc) is 0.842. The molecule has 0 aromatic heterocycles. The summed E-state index contributed by atoms with van der Waals surface area (Å²) < 4.78 is 0. The second-order valence-corrected chi connectivity index (χ2v) is 29.9. The smallest absolute Gasteiger partial charge is 0.0132 e. The summed E-state index contributed by atoms with van der Waals surface area (Å²) in [6, 6.07) is 80.5. The normalized spacial score (nSPS) is 10.9. The zero-order valence-electron chi connectivity index (χ0n) is 63.9. The molecule has 0 unspecified atom stereocenters. The highest BCUT2D eigenvalue weighted by Gasteiger charge is 2.16. The lowest BCUT2D eigenvalue weighted by molar-refractivity contribution is 0.589. The summed E-state index contributed by atoms with van der Waals surface area (Å²) in [5.74, 6) is 4.01. The van der Waals surface area contributed by atoms with Crippen molar-refractivity contribution in [2.24, 2.45) is 17.8 Å². The first-order valence-corrected chi connectivity index (χ1v) is 35.6. The van der Waals surface area contributed by atoms with E-state index in [1.165, 1.54) is 147 Å². The summed E-state index contributed by atoms with van der Waals surface area (Å²) in [6.07, 6.45) is 3.59. The summed E-state index contributed by atoms with van der Waals surface area (Å²) in [4.78, 5) is 0. The molecule has 0 amide bonds. The first-order valence-electron chi connectivity index (χ1n) is 35.6. The van der Waals surface area contributed by atoms with Gasteiger partial charge in [-0.05, 0) is 241 Å². The molecule has 504 valence electrons. The van der Waals surface area contributed by atoms with Crippen molar-refractivity contribution in [3.05, 3.63) is 319 Å². The lowest BCUT2D eigenvalue weighted by Crippen LogP contribution is -2.12. The van der Waals surface area contributed by atoms with Crippen LogP contribution in [-0.2, 0) is 24.7 Å². The second-order valence-electron chi connectivity index (χ2n) is 29.9. The van der Waals surface area contributed by atoms with Gasteiger partial charge in [0.1, 0.15) is 0 Å². The molecule has 0 aliphatic rings. The molecule has 0 radical (unpaired) electrons. The van der Waals surface area contributed by atoms with Gasteiger partial charge in [-0.15, -0.1) is 0 Å². The zero-order valence-corrected chi connectivity index (χ0v) is 63.9. The number of benzene rings is 10. The molecule has 0 aliphatic heterocycles. The minimum Gasteiger partial charge on any atom is -0.0625 e. The van der Waals surface area contributed by atoms with Gasteiger partial charge in [0.15, 0.2) is 0 Å². The van der Waals surface area contributed by atoms with Crippen molar-refractivity contribution in [1.82, 2.24) is 0 Å². The molecule has 10 aromatic rings. The molecule has 0 N–H and O–H groups in total. The predicted molar refractivity (Wildman–Crippen MR) is 425 cm³/mol.